The summed E-state index contributed by atoms with van der Waals surface area (Å²) in [6.45, 7) is 4.51. The maximum atomic E-state index is 12.6. The van der Waals surface area contributed by atoms with Crippen molar-refractivity contribution < 1.29 is 4.79 Å². The molecule has 0 aliphatic carbocycles. The molecule has 0 N–H and O–H groups in total. The van der Waals surface area contributed by atoms with E-state index in [4.69, 9.17) is 0 Å². The summed E-state index contributed by atoms with van der Waals surface area (Å²) >= 11 is 0. The zero-order chi connectivity index (χ0) is 18.9. The van der Waals surface area contributed by atoms with Crippen LogP contribution in [-0.4, -0.2) is 11.9 Å². The van der Waals surface area contributed by atoms with Gasteiger partial charge in [0.25, 0.3) is 0 Å². The van der Waals surface area contributed by atoms with Gasteiger partial charge in [0.15, 0.2) is 0 Å². The predicted octanol–water partition coefficient (Wildman–Crippen LogP) is 5.83. The molecule has 0 spiro atoms. The SMILES string of the molecule is CC(C)(c1ccc(-c2ccccc2)cc1)C1CCC(=O)N1c1ccccc1. The largest absolute Gasteiger partial charge is 0.308 e. The number of benzene rings is 3. The minimum atomic E-state index is -0.128. The van der Waals surface area contributed by atoms with Gasteiger partial charge >= 0.3 is 0 Å². The van der Waals surface area contributed by atoms with E-state index >= 15 is 0 Å². The van der Waals surface area contributed by atoms with Crippen molar-refractivity contribution in [2.45, 2.75) is 38.1 Å². The van der Waals surface area contributed by atoms with Crippen LogP contribution in [0, 0.1) is 0 Å². The van der Waals surface area contributed by atoms with Gasteiger partial charge in [-0.1, -0.05) is 86.6 Å². The van der Waals surface area contributed by atoms with Gasteiger partial charge in [-0.15, -0.1) is 0 Å². The van der Waals surface area contributed by atoms with E-state index in [1.807, 2.05) is 41.3 Å². The highest BCUT2D eigenvalue weighted by molar-refractivity contribution is 5.96. The summed E-state index contributed by atoms with van der Waals surface area (Å²) in [5.74, 6) is 0.222. The van der Waals surface area contributed by atoms with Crippen LogP contribution in [0.1, 0.15) is 32.3 Å². The molecule has 1 saturated heterocycles. The lowest BCUT2D eigenvalue weighted by Crippen LogP contribution is -2.45. The Morgan fingerprint density at radius 2 is 1.33 bits per heavy atom. The number of para-hydroxylation sites is 1. The highest BCUT2D eigenvalue weighted by atomic mass is 16.2. The summed E-state index contributed by atoms with van der Waals surface area (Å²) in [6.07, 6.45) is 1.51. The van der Waals surface area contributed by atoms with Crippen LogP contribution in [0.5, 0.6) is 0 Å². The zero-order valence-electron chi connectivity index (χ0n) is 15.9. The zero-order valence-corrected chi connectivity index (χ0v) is 15.9. The number of rotatable bonds is 4. The van der Waals surface area contributed by atoms with Gasteiger partial charge < -0.3 is 4.90 Å². The van der Waals surface area contributed by atoms with Gasteiger partial charge in [-0.25, -0.2) is 0 Å². The van der Waals surface area contributed by atoms with E-state index in [-0.39, 0.29) is 17.4 Å². The molecular formula is C25H25NO. The van der Waals surface area contributed by atoms with Crippen molar-refractivity contribution in [1.82, 2.24) is 0 Å². The van der Waals surface area contributed by atoms with Crippen molar-refractivity contribution in [2.24, 2.45) is 0 Å². The number of carbonyl (C=O) groups excluding carboxylic acids is 1. The number of hydrogen-bond donors (Lipinski definition) is 0. The van der Waals surface area contributed by atoms with Crippen LogP contribution >= 0.6 is 0 Å². The Balaban J connectivity index is 1.65. The molecule has 1 fully saturated rings. The second-order valence-electron chi connectivity index (χ2n) is 7.82. The number of anilines is 1. The molecule has 27 heavy (non-hydrogen) atoms. The first-order valence-corrected chi connectivity index (χ1v) is 9.60. The number of hydrogen-bond acceptors (Lipinski definition) is 1. The maximum Gasteiger partial charge on any atom is 0.227 e. The molecule has 3 aromatic carbocycles. The Labute approximate surface area is 161 Å². The van der Waals surface area contributed by atoms with E-state index < -0.39 is 0 Å². The van der Waals surface area contributed by atoms with Crippen molar-refractivity contribution in [3.05, 3.63) is 90.5 Å². The normalized spacial score (nSPS) is 17.3. The summed E-state index contributed by atoms with van der Waals surface area (Å²) in [4.78, 5) is 14.6. The van der Waals surface area contributed by atoms with E-state index in [0.717, 1.165) is 12.1 Å². The molecule has 1 aliphatic heterocycles. The molecule has 0 bridgehead atoms. The van der Waals surface area contributed by atoms with Crippen molar-refractivity contribution >= 4 is 11.6 Å². The first-order valence-electron chi connectivity index (χ1n) is 9.60. The highest BCUT2D eigenvalue weighted by Gasteiger charge is 2.42. The molecule has 0 aromatic heterocycles. The fourth-order valence-corrected chi connectivity index (χ4v) is 4.19. The molecule has 1 heterocycles. The van der Waals surface area contributed by atoms with Gasteiger partial charge in [0, 0.05) is 23.6 Å². The molecule has 1 aliphatic rings. The second-order valence-corrected chi connectivity index (χ2v) is 7.82. The average molecular weight is 355 g/mol. The van der Waals surface area contributed by atoms with E-state index in [1.165, 1.54) is 16.7 Å². The molecule has 3 aromatic rings. The standard InChI is InChI=1S/C25H25NO/c1-25(2,21-15-13-20(14-16-21)19-9-5-3-6-10-19)23-17-18-24(27)26(23)22-11-7-4-8-12-22/h3-16,23H,17-18H2,1-2H3. The second kappa shape index (κ2) is 7.03. The summed E-state index contributed by atoms with van der Waals surface area (Å²) in [5.41, 5.74) is 4.58. The first-order chi connectivity index (χ1) is 13.1. The van der Waals surface area contributed by atoms with E-state index in [0.29, 0.717) is 6.42 Å². The third-order valence-electron chi connectivity index (χ3n) is 5.82. The molecule has 0 saturated carbocycles. The maximum absolute atomic E-state index is 12.6. The van der Waals surface area contributed by atoms with Crippen LogP contribution in [-0.2, 0) is 10.2 Å². The number of nitrogens with zero attached hydrogens (tertiary/aromatic N) is 1. The quantitative estimate of drug-likeness (QED) is 0.577. The molecule has 2 heteroatoms. The van der Waals surface area contributed by atoms with Gasteiger partial charge in [-0.3, -0.25) is 4.79 Å². The summed E-state index contributed by atoms with van der Waals surface area (Å²) in [5, 5.41) is 0. The lowest BCUT2D eigenvalue weighted by molar-refractivity contribution is -0.117. The fraction of sp³-hybridized carbons (Fsp3) is 0.240. The Hall–Kier alpha value is -2.87. The molecular weight excluding hydrogens is 330 g/mol. The minimum Gasteiger partial charge on any atom is -0.308 e. The van der Waals surface area contributed by atoms with Crippen molar-refractivity contribution in [3.8, 4) is 11.1 Å². The van der Waals surface area contributed by atoms with Crippen LogP contribution in [0.3, 0.4) is 0 Å². The van der Waals surface area contributed by atoms with E-state index in [2.05, 4.69) is 62.4 Å². The van der Waals surface area contributed by atoms with Gasteiger partial charge in [0.1, 0.15) is 0 Å². The van der Waals surface area contributed by atoms with Gasteiger partial charge in [-0.05, 0) is 35.2 Å². The summed E-state index contributed by atoms with van der Waals surface area (Å²) < 4.78 is 0. The van der Waals surface area contributed by atoms with Gasteiger partial charge in [-0.2, -0.15) is 0 Å². The van der Waals surface area contributed by atoms with Crippen LogP contribution in [0.2, 0.25) is 0 Å². The van der Waals surface area contributed by atoms with E-state index in [1.54, 1.807) is 0 Å². The van der Waals surface area contributed by atoms with Crippen molar-refractivity contribution in [3.63, 3.8) is 0 Å². The molecule has 1 unspecified atom stereocenters. The first kappa shape index (κ1) is 17.5. The summed E-state index contributed by atoms with van der Waals surface area (Å²) in [7, 11) is 0. The Morgan fingerprint density at radius 1 is 0.778 bits per heavy atom. The average Bonchev–Trinajstić information content (AvgIpc) is 3.12. The summed E-state index contributed by atoms with van der Waals surface area (Å²) in [6, 6.07) is 29.5. The lowest BCUT2D eigenvalue weighted by Gasteiger charge is -2.38. The molecule has 1 amide bonds. The van der Waals surface area contributed by atoms with E-state index in [9.17, 15) is 4.79 Å². The Morgan fingerprint density at radius 3 is 1.96 bits per heavy atom. The van der Waals surface area contributed by atoms with Gasteiger partial charge in [0.05, 0.1) is 0 Å². The molecule has 2 nitrogen and oxygen atoms in total. The number of carbonyl (C=O) groups is 1. The smallest absolute Gasteiger partial charge is 0.227 e. The third kappa shape index (κ3) is 3.28. The van der Waals surface area contributed by atoms with Crippen molar-refractivity contribution in [2.75, 3.05) is 4.90 Å². The van der Waals surface area contributed by atoms with Crippen LogP contribution in [0.15, 0.2) is 84.9 Å². The van der Waals surface area contributed by atoms with Crippen LogP contribution < -0.4 is 4.90 Å². The topological polar surface area (TPSA) is 20.3 Å². The Bertz CT molecular complexity index is 914. The predicted molar refractivity (Wildman–Crippen MR) is 112 cm³/mol. The molecule has 136 valence electrons. The minimum absolute atomic E-state index is 0.128. The molecule has 0 radical (unpaired) electrons. The van der Waals surface area contributed by atoms with Crippen LogP contribution in [0.4, 0.5) is 5.69 Å². The van der Waals surface area contributed by atoms with Crippen LogP contribution in [0.25, 0.3) is 11.1 Å². The highest BCUT2D eigenvalue weighted by Crippen LogP contribution is 2.39. The number of amides is 1. The Kier molecular flexibility index (Phi) is 4.57. The van der Waals surface area contributed by atoms with Crippen molar-refractivity contribution in [1.29, 1.82) is 0 Å². The lowest BCUT2D eigenvalue weighted by atomic mass is 9.76. The monoisotopic (exact) mass is 355 g/mol. The molecule has 1 atom stereocenters. The molecule has 4 rings (SSSR count). The fourth-order valence-electron chi connectivity index (χ4n) is 4.19. The third-order valence-corrected chi connectivity index (χ3v) is 5.82. The van der Waals surface area contributed by atoms with Gasteiger partial charge in [0.2, 0.25) is 5.91 Å².